The summed E-state index contributed by atoms with van der Waals surface area (Å²) in [6.07, 6.45) is -7.75. The van der Waals surface area contributed by atoms with Gasteiger partial charge in [0.2, 0.25) is 0 Å². The van der Waals surface area contributed by atoms with Gasteiger partial charge in [0.15, 0.2) is 0 Å². The summed E-state index contributed by atoms with van der Waals surface area (Å²) in [5.41, 5.74) is -1.56. The zero-order valence-electron chi connectivity index (χ0n) is 14.0. The van der Waals surface area contributed by atoms with Gasteiger partial charge in [-0.2, -0.15) is 26.3 Å². The van der Waals surface area contributed by atoms with Gasteiger partial charge in [-0.25, -0.2) is 0 Å². The van der Waals surface area contributed by atoms with E-state index in [0.29, 0.717) is 0 Å². The quantitative estimate of drug-likeness (QED) is 0.477. The molecule has 1 aliphatic heterocycles. The largest absolute Gasteiger partial charge is 0.417 e. The van der Waals surface area contributed by atoms with E-state index in [-0.39, 0.29) is 29.6 Å². The number of hydrogen-bond acceptors (Lipinski definition) is 2. The summed E-state index contributed by atoms with van der Waals surface area (Å²) in [5, 5.41) is -0.279. The molecule has 0 amide bonds. The van der Waals surface area contributed by atoms with Crippen LogP contribution in [0.15, 0.2) is 53.7 Å². The standard InChI is InChI=1S/C18H12Cl2F6N2/c19-12-8-27(13-4-1-3-11(7-13)17(21,22)23)10-28(9-12)15-6-2-5-14(16(15)20)18(24,25)26/h1-7,9H,8,10H2. The third kappa shape index (κ3) is 4.33. The van der Waals surface area contributed by atoms with E-state index in [1.54, 1.807) is 0 Å². The minimum absolute atomic E-state index is 0.0292. The van der Waals surface area contributed by atoms with Gasteiger partial charge in [0.1, 0.15) is 0 Å². The van der Waals surface area contributed by atoms with Crippen molar-refractivity contribution in [3.05, 3.63) is 69.8 Å². The van der Waals surface area contributed by atoms with Crippen molar-refractivity contribution in [3.63, 3.8) is 0 Å². The van der Waals surface area contributed by atoms with Crippen LogP contribution in [0.2, 0.25) is 5.02 Å². The fourth-order valence-electron chi connectivity index (χ4n) is 2.83. The van der Waals surface area contributed by atoms with E-state index >= 15 is 0 Å². The molecule has 28 heavy (non-hydrogen) atoms. The summed E-state index contributed by atoms with van der Waals surface area (Å²) in [6, 6.07) is 8.06. The van der Waals surface area contributed by atoms with Crippen molar-refractivity contribution < 1.29 is 26.3 Å². The zero-order valence-corrected chi connectivity index (χ0v) is 15.5. The third-order valence-electron chi connectivity index (χ3n) is 4.09. The Morgan fingerprint density at radius 2 is 1.54 bits per heavy atom. The lowest BCUT2D eigenvalue weighted by atomic mass is 10.1. The Balaban J connectivity index is 1.96. The first-order valence-corrected chi connectivity index (χ1v) is 8.63. The molecule has 2 aromatic carbocycles. The first-order valence-electron chi connectivity index (χ1n) is 7.87. The number of anilines is 2. The number of rotatable bonds is 2. The number of nitrogens with zero attached hydrogens (tertiary/aromatic N) is 2. The average molecular weight is 441 g/mol. The van der Waals surface area contributed by atoms with Crippen LogP contribution in [0, 0.1) is 0 Å². The average Bonchev–Trinajstić information content (AvgIpc) is 2.60. The van der Waals surface area contributed by atoms with E-state index in [1.165, 1.54) is 40.3 Å². The van der Waals surface area contributed by atoms with Crippen LogP contribution in [0.25, 0.3) is 0 Å². The molecule has 0 saturated heterocycles. The van der Waals surface area contributed by atoms with E-state index in [1.807, 2.05) is 0 Å². The minimum Gasteiger partial charge on any atom is -0.348 e. The Hall–Kier alpha value is -2.06. The second-order valence-electron chi connectivity index (χ2n) is 6.07. The molecule has 1 heterocycles. The molecular formula is C18H12Cl2F6N2. The third-order valence-corrected chi connectivity index (χ3v) is 4.71. The molecule has 0 spiro atoms. The summed E-state index contributed by atoms with van der Waals surface area (Å²) in [6.45, 7) is 0.0779. The fourth-order valence-corrected chi connectivity index (χ4v) is 3.43. The molecule has 0 fully saturated rings. The summed E-state index contributed by atoms with van der Waals surface area (Å²) in [7, 11) is 0. The van der Waals surface area contributed by atoms with Crippen LogP contribution in [-0.2, 0) is 12.4 Å². The van der Waals surface area contributed by atoms with Crippen molar-refractivity contribution in [2.24, 2.45) is 0 Å². The smallest absolute Gasteiger partial charge is 0.348 e. The predicted octanol–water partition coefficient (Wildman–Crippen LogP) is 6.74. The molecule has 3 rings (SSSR count). The monoisotopic (exact) mass is 440 g/mol. The summed E-state index contributed by atoms with van der Waals surface area (Å²) < 4.78 is 78.2. The Kier molecular flexibility index (Phi) is 5.46. The molecule has 0 N–H and O–H groups in total. The van der Waals surface area contributed by atoms with Crippen molar-refractivity contribution in [1.29, 1.82) is 0 Å². The van der Waals surface area contributed by atoms with Gasteiger partial charge in [0.05, 0.1) is 40.1 Å². The van der Waals surface area contributed by atoms with Crippen molar-refractivity contribution in [3.8, 4) is 0 Å². The van der Waals surface area contributed by atoms with Crippen LogP contribution in [0.5, 0.6) is 0 Å². The van der Waals surface area contributed by atoms with Crippen LogP contribution in [-0.4, -0.2) is 13.2 Å². The molecular weight excluding hydrogens is 429 g/mol. The Morgan fingerprint density at radius 3 is 2.18 bits per heavy atom. The molecule has 0 bridgehead atoms. The van der Waals surface area contributed by atoms with Gasteiger partial charge in [0, 0.05) is 11.9 Å². The van der Waals surface area contributed by atoms with Crippen LogP contribution < -0.4 is 9.80 Å². The van der Waals surface area contributed by atoms with E-state index in [2.05, 4.69) is 0 Å². The van der Waals surface area contributed by atoms with Crippen molar-refractivity contribution in [1.82, 2.24) is 0 Å². The molecule has 0 unspecified atom stereocenters. The molecule has 0 saturated carbocycles. The van der Waals surface area contributed by atoms with Crippen LogP contribution in [0.1, 0.15) is 11.1 Å². The van der Waals surface area contributed by atoms with Gasteiger partial charge < -0.3 is 9.80 Å². The topological polar surface area (TPSA) is 6.48 Å². The second-order valence-corrected chi connectivity index (χ2v) is 6.93. The highest BCUT2D eigenvalue weighted by molar-refractivity contribution is 6.34. The van der Waals surface area contributed by atoms with Gasteiger partial charge in [-0.15, -0.1) is 0 Å². The minimum atomic E-state index is -4.64. The van der Waals surface area contributed by atoms with Crippen molar-refractivity contribution in [2.75, 3.05) is 23.0 Å². The molecule has 150 valence electrons. The molecule has 0 aliphatic carbocycles. The number of hydrogen-bond donors (Lipinski definition) is 0. The van der Waals surface area contributed by atoms with Crippen LogP contribution in [0.4, 0.5) is 37.7 Å². The number of alkyl halides is 6. The predicted molar refractivity (Wildman–Crippen MR) is 96.5 cm³/mol. The van der Waals surface area contributed by atoms with Crippen LogP contribution in [0.3, 0.4) is 0 Å². The van der Waals surface area contributed by atoms with E-state index in [4.69, 9.17) is 23.2 Å². The molecule has 2 nitrogen and oxygen atoms in total. The van der Waals surface area contributed by atoms with Crippen LogP contribution >= 0.6 is 23.2 Å². The molecule has 1 aliphatic rings. The Labute approximate surface area is 166 Å². The van der Waals surface area contributed by atoms with E-state index in [9.17, 15) is 26.3 Å². The van der Waals surface area contributed by atoms with Gasteiger partial charge >= 0.3 is 12.4 Å². The molecule has 0 atom stereocenters. The second kappa shape index (κ2) is 7.40. The lowest BCUT2D eigenvalue weighted by Gasteiger charge is -2.36. The maximum Gasteiger partial charge on any atom is 0.417 e. The van der Waals surface area contributed by atoms with Gasteiger partial charge in [-0.05, 0) is 30.3 Å². The highest BCUT2D eigenvalue weighted by Crippen LogP contribution is 2.41. The molecule has 0 aromatic heterocycles. The maximum absolute atomic E-state index is 13.1. The summed E-state index contributed by atoms with van der Waals surface area (Å²) in [5.74, 6) is 0. The molecule has 10 heteroatoms. The first-order chi connectivity index (χ1) is 13.0. The van der Waals surface area contributed by atoms with Gasteiger partial charge in [-0.3, -0.25) is 0 Å². The Morgan fingerprint density at radius 1 is 0.857 bits per heavy atom. The van der Waals surface area contributed by atoms with Crippen molar-refractivity contribution in [2.45, 2.75) is 12.4 Å². The molecule has 0 radical (unpaired) electrons. The SMILES string of the molecule is FC(F)(F)c1cccc(N2CC(Cl)=CN(c3cccc(C(F)(F)F)c3Cl)C2)c1. The lowest BCUT2D eigenvalue weighted by Crippen LogP contribution is -2.40. The maximum atomic E-state index is 13.1. The highest BCUT2D eigenvalue weighted by atomic mass is 35.5. The Bertz CT molecular complexity index is 908. The molecule has 2 aromatic rings. The van der Waals surface area contributed by atoms with E-state index < -0.39 is 28.5 Å². The summed E-state index contributed by atoms with van der Waals surface area (Å²) in [4.78, 5) is 2.87. The number of benzene rings is 2. The van der Waals surface area contributed by atoms with Crippen molar-refractivity contribution >= 4 is 34.6 Å². The summed E-state index contributed by atoms with van der Waals surface area (Å²) >= 11 is 12.1. The fraction of sp³-hybridized carbons (Fsp3) is 0.222. The van der Waals surface area contributed by atoms with E-state index in [0.717, 1.165) is 18.2 Å². The highest BCUT2D eigenvalue weighted by Gasteiger charge is 2.35. The van der Waals surface area contributed by atoms with Gasteiger partial charge in [0.25, 0.3) is 0 Å². The van der Waals surface area contributed by atoms with Gasteiger partial charge in [-0.1, -0.05) is 35.3 Å². The zero-order chi connectivity index (χ0) is 20.7. The lowest BCUT2D eigenvalue weighted by molar-refractivity contribution is -0.138. The number of halogens is 8. The first kappa shape index (κ1) is 20.7. The normalized spacial score (nSPS) is 15.6.